The fraction of sp³-hybridized carbons (Fsp3) is 0.500. The Morgan fingerprint density at radius 2 is 2.21 bits per heavy atom. The molecule has 2 rings (SSSR count). The topological polar surface area (TPSA) is 52.6 Å². The van der Waals surface area contributed by atoms with Gasteiger partial charge in [-0.3, -0.25) is 4.79 Å². The smallest absolute Gasteiger partial charge is 0.244 e. The summed E-state index contributed by atoms with van der Waals surface area (Å²) in [6, 6.07) is 7.59. The fourth-order valence-corrected chi connectivity index (χ4v) is 2.90. The Labute approximate surface area is 121 Å². The SMILES string of the molecule is CC1CCNC(CCO)C(=O)N1c1ccccc1Br. The second-order valence-corrected chi connectivity index (χ2v) is 5.67. The van der Waals surface area contributed by atoms with Gasteiger partial charge in [0.05, 0.1) is 11.7 Å². The van der Waals surface area contributed by atoms with E-state index in [0.717, 1.165) is 23.1 Å². The number of carbonyl (C=O) groups excluding carboxylic acids is 1. The second-order valence-electron chi connectivity index (χ2n) is 4.82. The van der Waals surface area contributed by atoms with Crippen molar-refractivity contribution in [2.75, 3.05) is 18.1 Å². The Bertz CT molecular complexity index is 453. The van der Waals surface area contributed by atoms with Crippen molar-refractivity contribution in [1.82, 2.24) is 5.32 Å². The number of aliphatic hydroxyl groups excluding tert-OH is 1. The molecule has 0 aliphatic carbocycles. The van der Waals surface area contributed by atoms with Gasteiger partial charge in [0.1, 0.15) is 0 Å². The van der Waals surface area contributed by atoms with Crippen LogP contribution >= 0.6 is 15.9 Å². The van der Waals surface area contributed by atoms with Crippen LogP contribution in [0.3, 0.4) is 0 Å². The zero-order valence-corrected chi connectivity index (χ0v) is 12.6. The summed E-state index contributed by atoms with van der Waals surface area (Å²) in [5.74, 6) is 0.0333. The van der Waals surface area contributed by atoms with Crippen LogP contribution in [0.4, 0.5) is 5.69 Å². The first kappa shape index (κ1) is 14.5. The van der Waals surface area contributed by atoms with Crippen LogP contribution in [0.5, 0.6) is 0 Å². The molecule has 1 aliphatic heterocycles. The van der Waals surface area contributed by atoms with Gasteiger partial charge in [-0.2, -0.15) is 0 Å². The quantitative estimate of drug-likeness (QED) is 0.892. The van der Waals surface area contributed by atoms with Gasteiger partial charge in [0.25, 0.3) is 0 Å². The lowest BCUT2D eigenvalue weighted by atomic mass is 10.1. The number of amides is 1. The highest BCUT2D eigenvalue weighted by Gasteiger charge is 2.32. The zero-order valence-electron chi connectivity index (χ0n) is 11.0. The van der Waals surface area contributed by atoms with Crippen LogP contribution in [-0.2, 0) is 4.79 Å². The number of benzene rings is 1. The molecule has 0 bridgehead atoms. The molecule has 0 aromatic heterocycles. The molecule has 1 aromatic carbocycles. The van der Waals surface area contributed by atoms with Gasteiger partial charge in [-0.05, 0) is 54.4 Å². The number of hydrogen-bond acceptors (Lipinski definition) is 3. The molecule has 19 heavy (non-hydrogen) atoms. The molecule has 0 spiro atoms. The van der Waals surface area contributed by atoms with Crippen LogP contribution in [0.15, 0.2) is 28.7 Å². The average molecular weight is 327 g/mol. The Kier molecular flexibility index (Phi) is 4.96. The van der Waals surface area contributed by atoms with Crippen molar-refractivity contribution in [2.24, 2.45) is 0 Å². The summed E-state index contributed by atoms with van der Waals surface area (Å²) in [5, 5.41) is 12.3. The van der Waals surface area contributed by atoms with Crippen molar-refractivity contribution in [3.05, 3.63) is 28.7 Å². The highest BCUT2D eigenvalue weighted by Crippen LogP contribution is 2.29. The van der Waals surface area contributed by atoms with Crippen LogP contribution < -0.4 is 10.2 Å². The lowest BCUT2D eigenvalue weighted by Gasteiger charge is -2.30. The summed E-state index contributed by atoms with van der Waals surface area (Å²) < 4.78 is 0.917. The molecule has 1 amide bonds. The van der Waals surface area contributed by atoms with Crippen molar-refractivity contribution >= 4 is 27.5 Å². The lowest BCUT2D eigenvalue weighted by molar-refractivity contribution is -0.120. The van der Waals surface area contributed by atoms with Crippen LogP contribution in [0.1, 0.15) is 19.8 Å². The molecule has 2 N–H and O–H groups in total. The molecule has 0 radical (unpaired) electrons. The summed E-state index contributed by atoms with van der Waals surface area (Å²) in [6.07, 6.45) is 1.35. The van der Waals surface area contributed by atoms with Gasteiger partial charge < -0.3 is 15.3 Å². The summed E-state index contributed by atoms with van der Waals surface area (Å²) in [5.41, 5.74) is 0.895. The van der Waals surface area contributed by atoms with E-state index < -0.39 is 0 Å². The number of carbonyl (C=O) groups is 1. The molecular formula is C14H19BrN2O2. The highest BCUT2D eigenvalue weighted by molar-refractivity contribution is 9.10. The average Bonchev–Trinajstić information content (AvgIpc) is 2.52. The minimum Gasteiger partial charge on any atom is -0.396 e. The molecular weight excluding hydrogens is 308 g/mol. The van der Waals surface area contributed by atoms with Crippen LogP contribution in [-0.4, -0.2) is 36.2 Å². The van der Waals surface area contributed by atoms with E-state index in [1.165, 1.54) is 0 Å². The van der Waals surface area contributed by atoms with Crippen molar-refractivity contribution in [2.45, 2.75) is 31.8 Å². The highest BCUT2D eigenvalue weighted by atomic mass is 79.9. The maximum absolute atomic E-state index is 12.6. The van der Waals surface area contributed by atoms with E-state index in [1.807, 2.05) is 29.2 Å². The molecule has 2 unspecified atom stereocenters. The first-order valence-corrected chi connectivity index (χ1v) is 7.36. The summed E-state index contributed by atoms with van der Waals surface area (Å²) in [4.78, 5) is 14.5. The first-order valence-electron chi connectivity index (χ1n) is 6.57. The van der Waals surface area contributed by atoms with E-state index >= 15 is 0 Å². The molecule has 1 fully saturated rings. The zero-order chi connectivity index (χ0) is 13.8. The largest absolute Gasteiger partial charge is 0.396 e. The van der Waals surface area contributed by atoms with Gasteiger partial charge in [-0.1, -0.05) is 12.1 Å². The number of nitrogens with zero attached hydrogens (tertiary/aromatic N) is 1. The monoisotopic (exact) mass is 326 g/mol. The third-order valence-electron chi connectivity index (χ3n) is 3.46. The van der Waals surface area contributed by atoms with Gasteiger partial charge in [0, 0.05) is 17.1 Å². The molecule has 104 valence electrons. The van der Waals surface area contributed by atoms with E-state index in [4.69, 9.17) is 5.11 Å². The van der Waals surface area contributed by atoms with Crippen LogP contribution in [0.25, 0.3) is 0 Å². The Morgan fingerprint density at radius 3 is 2.89 bits per heavy atom. The predicted octanol–water partition coefficient (Wildman–Crippen LogP) is 1.91. The molecule has 0 saturated carbocycles. The molecule has 1 aliphatic rings. The van der Waals surface area contributed by atoms with Gasteiger partial charge >= 0.3 is 0 Å². The molecule has 2 atom stereocenters. The van der Waals surface area contributed by atoms with E-state index in [1.54, 1.807) is 0 Å². The third kappa shape index (κ3) is 3.16. The molecule has 1 saturated heterocycles. The Hall–Kier alpha value is -0.910. The second kappa shape index (κ2) is 6.50. The van der Waals surface area contributed by atoms with Crippen molar-refractivity contribution in [3.63, 3.8) is 0 Å². The number of aliphatic hydroxyl groups is 1. The summed E-state index contributed by atoms with van der Waals surface area (Å²) >= 11 is 3.51. The number of hydrogen-bond donors (Lipinski definition) is 2. The number of nitrogens with one attached hydrogen (secondary N) is 1. The molecule has 1 aromatic rings. The minimum absolute atomic E-state index is 0.0155. The normalized spacial score (nSPS) is 24.4. The number of halogens is 1. The third-order valence-corrected chi connectivity index (χ3v) is 4.13. The minimum atomic E-state index is -0.304. The van der Waals surface area contributed by atoms with E-state index in [-0.39, 0.29) is 24.6 Å². The van der Waals surface area contributed by atoms with Gasteiger partial charge in [-0.15, -0.1) is 0 Å². The lowest BCUT2D eigenvalue weighted by Crippen LogP contribution is -2.46. The van der Waals surface area contributed by atoms with Crippen LogP contribution in [0.2, 0.25) is 0 Å². The number of anilines is 1. The van der Waals surface area contributed by atoms with Crippen LogP contribution in [0, 0.1) is 0 Å². The van der Waals surface area contributed by atoms with Gasteiger partial charge in [0.2, 0.25) is 5.91 Å². The van der Waals surface area contributed by atoms with Crippen molar-refractivity contribution < 1.29 is 9.90 Å². The van der Waals surface area contributed by atoms with E-state index in [9.17, 15) is 4.79 Å². The standard InChI is InChI=1S/C14H19BrN2O2/c1-10-6-8-16-12(7-9-18)14(19)17(10)13-5-3-2-4-11(13)15/h2-5,10,12,16,18H,6-9H2,1H3. The van der Waals surface area contributed by atoms with Gasteiger partial charge in [0.15, 0.2) is 0 Å². The first-order chi connectivity index (χ1) is 9.15. The van der Waals surface area contributed by atoms with Crippen molar-refractivity contribution in [1.29, 1.82) is 0 Å². The van der Waals surface area contributed by atoms with E-state index in [0.29, 0.717) is 6.42 Å². The number of para-hydroxylation sites is 1. The predicted molar refractivity (Wildman–Crippen MR) is 79.2 cm³/mol. The Morgan fingerprint density at radius 1 is 1.47 bits per heavy atom. The summed E-state index contributed by atoms with van der Waals surface area (Å²) in [6.45, 7) is 2.86. The molecule has 1 heterocycles. The van der Waals surface area contributed by atoms with E-state index in [2.05, 4.69) is 28.2 Å². The number of rotatable bonds is 3. The Balaban J connectivity index is 2.34. The van der Waals surface area contributed by atoms with Crippen molar-refractivity contribution in [3.8, 4) is 0 Å². The maximum atomic E-state index is 12.6. The molecule has 5 heteroatoms. The molecule has 4 nitrogen and oxygen atoms in total. The fourth-order valence-electron chi connectivity index (χ4n) is 2.43. The van der Waals surface area contributed by atoms with Gasteiger partial charge in [-0.25, -0.2) is 0 Å². The summed E-state index contributed by atoms with van der Waals surface area (Å²) in [7, 11) is 0. The maximum Gasteiger partial charge on any atom is 0.244 e.